The summed E-state index contributed by atoms with van der Waals surface area (Å²) < 4.78 is 22.4. The molecule has 0 aromatic heterocycles. The Morgan fingerprint density at radius 3 is 1.45 bits per heavy atom. The summed E-state index contributed by atoms with van der Waals surface area (Å²) in [6, 6.07) is 0. The highest BCUT2D eigenvalue weighted by atomic mass is 16.7. The van der Waals surface area contributed by atoms with E-state index in [1.54, 1.807) is 0 Å². The molecule has 0 aromatic rings. The maximum Gasteiger partial charge on any atom is 0.161 e. The van der Waals surface area contributed by atoms with Crippen LogP contribution in [0.15, 0.2) is 0 Å². The van der Waals surface area contributed by atoms with Gasteiger partial charge in [0.25, 0.3) is 0 Å². The first kappa shape index (κ1) is 13.4. The van der Waals surface area contributed by atoms with Gasteiger partial charge in [0.15, 0.2) is 12.6 Å². The molecule has 6 heteroatoms. The van der Waals surface area contributed by atoms with E-state index in [1.165, 1.54) is 0 Å². The Kier molecular flexibility index (Phi) is 3.48. The second-order valence-electron chi connectivity index (χ2n) is 6.41. The number of rotatable bonds is 5. The number of aliphatic hydroxyl groups is 2. The third kappa shape index (κ3) is 2.61. The Morgan fingerprint density at radius 2 is 1.10 bits per heavy atom. The summed E-state index contributed by atoms with van der Waals surface area (Å²) >= 11 is 0. The van der Waals surface area contributed by atoms with Crippen LogP contribution in [0.3, 0.4) is 0 Å². The van der Waals surface area contributed by atoms with Gasteiger partial charge in [-0.15, -0.1) is 0 Å². The van der Waals surface area contributed by atoms with Crippen LogP contribution >= 0.6 is 0 Å². The lowest BCUT2D eigenvalue weighted by atomic mass is 10.0. The van der Waals surface area contributed by atoms with Crippen molar-refractivity contribution in [3.63, 3.8) is 0 Å². The Morgan fingerprint density at radius 1 is 0.700 bits per heavy atom. The summed E-state index contributed by atoms with van der Waals surface area (Å²) in [5.74, 6) is 0.935. The Labute approximate surface area is 118 Å². The maximum atomic E-state index is 10.2. The van der Waals surface area contributed by atoms with Crippen LogP contribution in [0.4, 0.5) is 0 Å². The summed E-state index contributed by atoms with van der Waals surface area (Å²) in [5.41, 5.74) is 0. The lowest BCUT2D eigenvalue weighted by molar-refractivity contribution is -0.145. The minimum atomic E-state index is -0.995. The molecule has 6 atom stereocenters. The molecule has 0 amide bonds. The van der Waals surface area contributed by atoms with Gasteiger partial charge in [-0.1, -0.05) is 0 Å². The van der Waals surface area contributed by atoms with E-state index in [0.29, 0.717) is 25.0 Å². The second kappa shape index (κ2) is 5.19. The van der Waals surface area contributed by atoms with E-state index in [1.807, 2.05) is 0 Å². The summed E-state index contributed by atoms with van der Waals surface area (Å²) in [7, 11) is 0. The second-order valence-corrected chi connectivity index (χ2v) is 6.41. The molecule has 4 rings (SSSR count). The highest BCUT2D eigenvalue weighted by Crippen LogP contribution is 2.40. The van der Waals surface area contributed by atoms with E-state index < -0.39 is 24.4 Å². The van der Waals surface area contributed by atoms with Gasteiger partial charge in [-0.05, 0) is 25.7 Å². The van der Waals surface area contributed by atoms with Crippen molar-refractivity contribution in [2.45, 2.75) is 62.7 Å². The lowest BCUT2D eigenvalue weighted by Crippen LogP contribution is -2.46. The third-order valence-electron chi connectivity index (χ3n) is 4.59. The SMILES string of the molecule is OC(C1COC(C2CC2)O1)C(O)C1COC(C2CC2)O1. The average molecular weight is 286 g/mol. The normalized spacial score (nSPS) is 44.7. The first-order valence-electron chi connectivity index (χ1n) is 7.62. The first-order valence-corrected chi connectivity index (χ1v) is 7.62. The van der Waals surface area contributed by atoms with Crippen molar-refractivity contribution in [1.82, 2.24) is 0 Å². The lowest BCUT2D eigenvalue weighted by Gasteiger charge is -2.25. The molecule has 0 spiro atoms. The minimum absolute atomic E-state index is 0.207. The molecule has 0 radical (unpaired) electrons. The Bertz CT molecular complexity index is 322. The predicted octanol–water partition coefficient (Wildman–Crippen LogP) is 0.0112. The molecular weight excluding hydrogens is 264 g/mol. The van der Waals surface area contributed by atoms with Crippen LogP contribution in [-0.2, 0) is 18.9 Å². The van der Waals surface area contributed by atoms with Gasteiger partial charge in [0.05, 0.1) is 13.2 Å². The zero-order chi connectivity index (χ0) is 13.7. The van der Waals surface area contributed by atoms with Crippen molar-refractivity contribution in [3.8, 4) is 0 Å². The molecule has 2 heterocycles. The minimum Gasteiger partial charge on any atom is -0.387 e. The fourth-order valence-corrected chi connectivity index (χ4v) is 2.91. The van der Waals surface area contributed by atoms with Crippen LogP contribution in [0.25, 0.3) is 0 Å². The van der Waals surface area contributed by atoms with Gasteiger partial charge in [-0.25, -0.2) is 0 Å². The van der Waals surface area contributed by atoms with Crippen molar-refractivity contribution in [2.24, 2.45) is 11.8 Å². The first-order chi connectivity index (χ1) is 9.72. The van der Waals surface area contributed by atoms with Gasteiger partial charge in [-0.3, -0.25) is 0 Å². The van der Waals surface area contributed by atoms with E-state index in [0.717, 1.165) is 25.7 Å². The summed E-state index contributed by atoms with van der Waals surface area (Å²) in [6.07, 6.45) is 1.15. The van der Waals surface area contributed by atoms with Crippen molar-refractivity contribution < 1.29 is 29.2 Å². The molecule has 0 aromatic carbocycles. The largest absolute Gasteiger partial charge is 0.387 e. The molecule has 6 nitrogen and oxygen atoms in total. The highest BCUT2D eigenvalue weighted by molar-refractivity contribution is 4.90. The molecule has 20 heavy (non-hydrogen) atoms. The van der Waals surface area contributed by atoms with E-state index in [9.17, 15) is 10.2 Å². The van der Waals surface area contributed by atoms with Crippen molar-refractivity contribution in [1.29, 1.82) is 0 Å². The van der Waals surface area contributed by atoms with E-state index in [2.05, 4.69) is 0 Å². The number of hydrogen-bond acceptors (Lipinski definition) is 6. The van der Waals surface area contributed by atoms with Crippen LogP contribution in [0.1, 0.15) is 25.7 Å². The van der Waals surface area contributed by atoms with Crippen LogP contribution < -0.4 is 0 Å². The summed E-state index contributed by atoms with van der Waals surface area (Å²) in [5, 5.41) is 20.5. The predicted molar refractivity (Wildman–Crippen MR) is 66.7 cm³/mol. The summed E-state index contributed by atoms with van der Waals surface area (Å²) in [6.45, 7) is 0.665. The van der Waals surface area contributed by atoms with Gasteiger partial charge in [-0.2, -0.15) is 0 Å². The third-order valence-corrected chi connectivity index (χ3v) is 4.59. The average Bonchev–Trinajstić information content (AvgIpc) is 3.40. The number of hydrogen-bond donors (Lipinski definition) is 2. The van der Waals surface area contributed by atoms with E-state index in [4.69, 9.17) is 18.9 Å². The zero-order valence-corrected chi connectivity index (χ0v) is 11.4. The highest BCUT2D eigenvalue weighted by Gasteiger charge is 2.47. The smallest absolute Gasteiger partial charge is 0.161 e. The Balaban J connectivity index is 1.30. The van der Waals surface area contributed by atoms with Gasteiger partial charge >= 0.3 is 0 Å². The molecule has 0 bridgehead atoms. The standard InChI is InChI=1S/C14H22O6/c15-11(9-5-17-13(19-9)7-1-2-7)12(16)10-6-18-14(20-10)8-3-4-8/h7-16H,1-6H2. The molecule has 2 saturated carbocycles. The van der Waals surface area contributed by atoms with E-state index in [-0.39, 0.29) is 12.6 Å². The van der Waals surface area contributed by atoms with Crippen LogP contribution in [0, 0.1) is 11.8 Å². The summed E-state index contributed by atoms with van der Waals surface area (Å²) in [4.78, 5) is 0. The molecule has 114 valence electrons. The molecule has 4 fully saturated rings. The molecule has 2 aliphatic heterocycles. The molecule has 4 aliphatic rings. The van der Waals surface area contributed by atoms with E-state index >= 15 is 0 Å². The maximum absolute atomic E-state index is 10.2. The molecular formula is C14H22O6. The number of aliphatic hydroxyl groups excluding tert-OH is 2. The fraction of sp³-hybridized carbons (Fsp3) is 1.00. The van der Waals surface area contributed by atoms with Crippen molar-refractivity contribution in [2.75, 3.05) is 13.2 Å². The molecule has 2 aliphatic carbocycles. The van der Waals surface area contributed by atoms with Gasteiger partial charge in [0.1, 0.15) is 24.4 Å². The van der Waals surface area contributed by atoms with Gasteiger partial charge in [0.2, 0.25) is 0 Å². The Hall–Kier alpha value is -0.240. The topological polar surface area (TPSA) is 77.4 Å². The monoisotopic (exact) mass is 286 g/mol. The number of ether oxygens (including phenoxy) is 4. The van der Waals surface area contributed by atoms with Crippen LogP contribution in [-0.4, -0.2) is 60.4 Å². The van der Waals surface area contributed by atoms with Crippen LogP contribution in [0.5, 0.6) is 0 Å². The quantitative estimate of drug-likeness (QED) is 0.741. The van der Waals surface area contributed by atoms with Crippen molar-refractivity contribution in [3.05, 3.63) is 0 Å². The fourth-order valence-electron chi connectivity index (χ4n) is 2.91. The van der Waals surface area contributed by atoms with Crippen LogP contribution in [0.2, 0.25) is 0 Å². The molecule has 2 saturated heterocycles. The molecule has 2 N–H and O–H groups in total. The zero-order valence-electron chi connectivity index (χ0n) is 11.4. The van der Waals surface area contributed by atoms with Crippen molar-refractivity contribution >= 4 is 0 Å². The van der Waals surface area contributed by atoms with Gasteiger partial charge < -0.3 is 29.2 Å². The molecule has 6 unspecified atom stereocenters. The van der Waals surface area contributed by atoms with Gasteiger partial charge in [0, 0.05) is 11.8 Å².